The van der Waals surface area contributed by atoms with E-state index in [-0.39, 0.29) is 21.7 Å². The van der Waals surface area contributed by atoms with E-state index in [1.165, 1.54) is 100 Å². The highest BCUT2D eigenvalue weighted by Crippen LogP contribution is 2.55. The molecular weight excluding hydrogens is 869 g/mol. The molecule has 0 spiro atoms. The van der Waals surface area contributed by atoms with Gasteiger partial charge in [-0.3, -0.25) is 0 Å². The Kier molecular flexibility index (Phi) is 8.82. The van der Waals surface area contributed by atoms with E-state index >= 15 is 0 Å². The van der Waals surface area contributed by atoms with Gasteiger partial charge in [0.2, 0.25) is 0 Å². The molecule has 0 amide bonds. The van der Waals surface area contributed by atoms with Gasteiger partial charge >= 0.3 is 0 Å². The fourth-order valence-electron chi connectivity index (χ4n) is 13.4. The third-order valence-corrected chi connectivity index (χ3v) is 17.5. The third kappa shape index (κ3) is 6.02. The average Bonchev–Trinajstić information content (AvgIpc) is 3.97. The summed E-state index contributed by atoms with van der Waals surface area (Å²) in [6.45, 7) is 18.9. The number of pyridine rings is 2. The van der Waals surface area contributed by atoms with Gasteiger partial charge < -0.3 is 0 Å². The quantitative estimate of drug-likeness (QED) is 0.172. The van der Waals surface area contributed by atoms with Crippen molar-refractivity contribution in [3.8, 4) is 101 Å². The lowest BCUT2D eigenvalue weighted by atomic mass is 9.80. The molecule has 346 valence electrons. The Morgan fingerprint density at radius 1 is 0.208 bits per heavy atom. The molecule has 0 unspecified atom stereocenters. The van der Waals surface area contributed by atoms with E-state index in [2.05, 4.69) is 250 Å². The summed E-state index contributed by atoms with van der Waals surface area (Å²) in [6, 6.07) is 72.6. The number of hydrogen-bond acceptors (Lipinski definition) is 2. The van der Waals surface area contributed by atoms with Gasteiger partial charge in [0.25, 0.3) is 0 Å². The van der Waals surface area contributed by atoms with Crippen LogP contribution in [0, 0.1) is 0 Å². The molecule has 14 rings (SSSR count). The van der Waals surface area contributed by atoms with E-state index < -0.39 is 0 Å². The van der Waals surface area contributed by atoms with Crippen LogP contribution in [0.3, 0.4) is 0 Å². The molecule has 2 heterocycles. The highest BCUT2D eigenvalue weighted by atomic mass is 14.7. The maximum Gasteiger partial charge on any atom is 0.0709 e. The largest absolute Gasteiger partial charge is 0.248 e. The van der Waals surface area contributed by atoms with Crippen LogP contribution in [0.15, 0.2) is 194 Å². The second-order valence-electron chi connectivity index (χ2n) is 23.0. The zero-order valence-corrected chi connectivity index (χ0v) is 42.4. The van der Waals surface area contributed by atoms with E-state index in [9.17, 15) is 0 Å². The molecule has 0 fully saturated rings. The first-order valence-corrected chi connectivity index (χ1v) is 25.7. The summed E-state index contributed by atoms with van der Waals surface area (Å²) in [5, 5.41) is 0. The molecule has 8 aromatic carbocycles. The molecule has 4 aliphatic carbocycles. The van der Waals surface area contributed by atoms with Crippen LogP contribution in [0.5, 0.6) is 0 Å². The molecule has 2 aromatic heterocycles. The van der Waals surface area contributed by atoms with Gasteiger partial charge in [0, 0.05) is 43.9 Å². The standard InChI is InChI=1S/C70H56N2/c1-67(2)55-17-11-9-15-47(55)49-31-25-43(37-59(49)67)63-19-13-21-65(71-63)45-27-33-53-51-29-23-41(35-57(51)69(5,6)61(53)39-45)42-24-30-52-54-34-28-46(40-62(54)70(7,8)58(52)36-42)66-22-14-20-64(72-66)44-26-32-50-48-16-10-12-18-56(48)68(3,4)60(50)38-44/h9-40H,1-8H3. The van der Waals surface area contributed by atoms with E-state index in [0.717, 1.165) is 45.0 Å². The monoisotopic (exact) mass is 924 g/mol. The topological polar surface area (TPSA) is 25.8 Å². The highest BCUT2D eigenvalue weighted by molar-refractivity contribution is 5.90. The Hall–Kier alpha value is -7.94. The number of nitrogens with zero attached hydrogens (tertiary/aromatic N) is 2. The molecule has 0 radical (unpaired) electrons. The van der Waals surface area contributed by atoms with Crippen molar-refractivity contribution in [2.75, 3.05) is 0 Å². The minimum absolute atomic E-state index is 0.0578. The van der Waals surface area contributed by atoms with Crippen molar-refractivity contribution in [1.29, 1.82) is 0 Å². The maximum atomic E-state index is 5.32. The molecule has 0 atom stereocenters. The molecule has 72 heavy (non-hydrogen) atoms. The summed E-state index contributed by atoms with van der Waals surface area (Å²) in [4.78, 5) is 10.6. The molecule has 10 aromatic rings. The highest BCUT2D eigenvalue weighted by Gasteiger charge is 2.40. The van der Waals surface area contributed by atoms with Gasteiger partial charge in [-0.2, -0.15) is 0 Å². The van der Waals surface area contributed by atoms with Crippen molar-refractivity contribution < 1.29 is 0 Å². The summed E-state index contributed by atoms with van der Waals surface area (Å²) >= 11 is 0. The third-order valence-electron chi connectivity index (χ3n) is 17.5. The first kappa shape index (κ1) is 42.9. The summed E-state index contributed by atoms with van der Waals surface area (Å²) in [5.41, 5.74) is 32.2. The molecule has 0 saturated carbocycles. The molecule has 0 aliphatic heterocycles. The Labute approximate surface area is 424 Å². The van der Waals surface area contributed by atoms with Crippen molar-refractivity contribution in [3.63, 3.8) is 0 Å². The summed E-state index contributed by atoms with van der Waals surface area (Å²) in [7, 11) is 0. The number of fused-ring (bicyclic) bond motifs is 12. The van der Waals surface area contributed by atoms with Gasteiger partial charge in [-0.1, -0.05) is 189 Å². The zero-order valence-electron chi connectivity index (χ0n) is 42.4. The Balaban J connectivity index is 0.741. The number of benzene rings is 8. The van der Waals surface area contributed by atoms with Crippen LogP contribution in [-0.4, -0.2) is 9.97 Å². The molecule has 4 aliphatic rings. The second-order valence-corrected chi connectivity index (χ2v) is 23.0. The maximum absolute atomic E-state index is 5.32. The van der Waals surface area contributed by atoms with Gasteiger partial charge in [-0.25, -0.2) is 9.97 Å². The van der Waals surface area contributed by atoms with Gasteiger partial charge in [0.05, 0.1) is 22.8 Å². The van der Waals surface area contributed by atoms with E-state index in [1.807, 2.05) is 0 Å². The van der Waals surface area contributed by atoms with Crippen LogP contribution in [0.1, 0.15) is 99.9 Å². The Morgan fingerprint density at radius 3 is 0.722 bits per heavy atom. The number of aromatic nitrogens is 2. The summed E-state index contributed by atoms with van der Waals surface area (Å²) < 4.78 is 0. The van der Waals surface area contributed by atoms with E-state index in [0.29, 0.717) is 0 Å². The van der Waals surface area contributed by atoms with Crippen LogP contribution in [-0.2, 0) is 21.7 Å². The van der Waals surface area contributed by atoms with E-state index in [4.69, 9.17) is 9.97 Å². The van der Waals surface area contributed by atoms with Crippen molar-refractivity contribution in [1.82, 2.24) is 9.97 Å². The first-order valence-electron chi connectivity index (χ1n) is 25.7. The summed E-state index contributed by atoms with van der Waals surface area (Å²) in [6.07, 6.45) is 0. The van der Waals surface area contributed by atoms with Crippen LogP contribution in [0.2, 0.25) is 0 Å². The fourth-order valence-corrected chi connectivity index (χ4v) is 13.4. The molecule has 0 bridgehead atoms. The van der Waals surface area contributed by atoms with Crippen molar-refractivity contribution in [3.05, 3.63) is 239 Å². The van der Waals surface area contributed by atoms with Crippen molar-refractivity contribution >= 4 is 0 Å². The fraction of sp³-hybridized carbons (Fsp3) is 0.171. The zero-order chi connectivity index (χ0) is 49.1. The minimum atomic E-state index is -0.189. The first-order chi connectivity index (χ1) is 34.7. The minimum Gasteiger partial charge on any atom is -0.248 e. The molecule has 0 N–H and O–H groups in total. The number of hydrogen-bond donors (Lipinski definition) is 0. The smallest absolute Gasteiger partial charge is 0.0709 e. The van der Waals surface area contributed by atoms with Gasteiger partial charge in [0.1, 0.15) is 0 Å². The van der Waals surface area contributed by atoms with Crippen LogP contribution >= 0.6 is 0 Å². The molecule has 0 saturated heterocycles. The molecule has 2 heteroatoms. The number of rotatable bonds is 5. The Bertz CT molecular complexity index is 3730. The SMILES string of the molecule is CC1(C)c2ccccc2-c2ccc(-c3cccc(-c4ccc5c(c4)C(C)(C)c4cc(-c6ccc7c(c6)C(C)(C)c6cc(-c8cccc(-c9ccc%10c(c9)C(C)(C)c9ccccc9-%10)n8)ccc6-7)ccc4-5)n3)cc21. The van der Waals surface area contributed by atoms with Crippen LogP contribution in [0.4, 0.5) is 0 Å². The van der Waals surface area contributed by atoms with Crippen LogP contribution < -0.4 is 0 Å². The second kappa shape index (κ2) is 14.8. The van der Waals surface area contributed by atoms with Gasteiger partial charge in [-0.15, -0.1) is 0 Å². The predicted molar refractivity (Wildman–Crippen MR) is 299 cm³/mol. The average molecular weight is 925 g/mol. The summed E-state index contributed by atoms with van der Waals surface area (Å²) in [5.74, 6) is 0. The Morgan fingerprint density at radius 2 is 0.431 bits per heavy atom. The normalized spacial score (nSPS) is 15.9. The molecule has 2 nitrogen and oxygen atoms in total. The van der Waals surface area contributed by atoms with Crippen molar-refractivity contribution in [2.24, 2.45) is 0 Å². The van der Waals surface area contributed by atoms with Crippen LogP contribution in [0.25, 0.3) is 101 Å². The van der Waals surface area contributed by atoms with Gasteiger partial charge in [0.15, 0.2) is 0 Å². The lowest BCUT2D eigenvalue weighted by Crippen LogP contribution is -2.15. The van der Waals surface area contributed by atoms with E-state index in [1.54, 1.807) is 0 Å². The lowest BCUT2D eigenvalue weighted by molar-refractivity contribution is 0.659. The van der Waals surface area contributed by atoms with Crippen molar-refractivity contribution in [2.45, 2.75) is 77.0 Å². The lowest BCUT2D eigenvalue weighted by Gasteiger charge is -2.24. The molecular formula is C70H56N2. The van der Waals surface area contributed by atoms with Gasteiger partial charge in [-0.05, 0) is 161 Å². The predicted octanol–water partition coefficient (Wildman–Crippen LogP) is 18.0.